The second kappa shape index (κ2) is 6.30. The molecule has 2 aromatic rings. The fraction of sp³-hybridized carbons (Fsp3) is 0.176. The Morgan fingerprint density at radius 3 is 2.27 bits per heavy atom. The van der Waals surface area contributed by atoms with Crippen molar-refractivity contribution in [3.63, 3.8) is 0 Å². The molecule has 0 spiro atoms. The Bertz CT molecular complexity index is 734. The van der Waals surface area contributed by atoms with E-state index >= 15 is 0 Å². The molecule has 2 aromatic carbocycles. The van der Waals surface area contributed by atoms with Gasteiger partial charge in [0.2, 0.25) is 0 Å². The fourth-order valence-electron chi connectivity index (χ4n) is 2.21. The number of rotatable bonds is 5. The number of aromatic carboxylic acids is 1. The van der Waals surface area contributed by atoms with Crippen LogP contribution >= 0.6 is 0 Å². The van der Waals surface area contributed by atoms with Crippen molar-refractivity contribution < 1.29 is 24.5 Å². The molecule has 0 heterocycles. The number of hydrogen-bond acceptors (Lipinski definition) is 4. The highest BCUT2D eigenvalue weighted by atomic mass is 16.5. The molecule has 5 heteroatoms. The van der Waals surface area contributed by atoms with E-state index in [1.165, 1.54) is 19.2 Å². The minimum atomic E-state index is -1.19. The van der Waals surface area contributed by atoms with E-state index in [4.69, 9.17) is 4.74 Å². The first-order valence-electron chi connectivity index (χ1n) is 6.76. The number of benzene rings is 2. The van der Waals surface area contributed by atoms with Crippen LogP contribution in [0.25, 0.3) is 0 Å². The normalized spacial score (nSPS) is 10.3. The maximum Gasteiger partial charge on any atom is 0.336 e. The number of carbonyl (C=O) groups excluding carboxylic acids is 1. The molecule has 114 valence electrons. The van der Waals surface area contributed by atoms with Crippen molar-refractivity contribution >= 4 is 11.8 Å². The predicted octanol–water partition coefficient (Wildman–Crippen LogP) is 2.89. The van der Waals surface area contributed by atoms with Crippen LogP contribution in [0.3, 0.4) is 0 Å². The fourth-order valence-corrected chi connectivity index (χ4v) is 2.21. The SMILES string of the molecule is CCc1cc(OC)c(O)c(C(=O)c2ccccc2C(=O)O)c1. The standard InChI is InChI=1S/C17H16O5/c1-3-10-8-13(16(19)14(9-10)22-2)15(18)11-6-4-5-7-12(11)17(20)21/h4-9,19H,3H2,1-2H3,(H,20,21). The van der Waals surface area contributed by atoms with Crippen LogP contribution in [0, 0.1) is 0 Å². The Morgan fingerprint density at radius 2 is 1.73 bits per heavy atom. The third kappa shape index (κ3) is 2.79. The van der Waals surface area contributed by atoms with Crippen LogP contribution in [0.1, 0.15) is 38.8 Å². The molecule has 0 radical (unpaired) electrons. The minimum Gasteiger partial charge on any atom is -0.504 e. The predicted molar refractivity (Wildman–Crippen MR) is 80.9 cm³/mol. The van der Waals surface area contributed by atoms with Crippen LogP contribution < -0.4 is 4.74 Å². The van der Waals surface area contributed by atoms with Crippen LogP contribution in [-0.4, -0.2) is 29.1 Å². The van der Waals surface area contributed by atoms with Gasteiger partial charge in [0.15, 0.2) is 17.3 Å². The van der Waals surface area contributed by atoms with Crippen molar-refractivity contribution in [2.45, 2.75) is 13.3 Å². The first kappa shape index (κ1) is 15.6. The van der Waals surface area contributed by atoms with Crippen molar-refractivity contribution in [1.29, 1.82) is 0 Å². The lowest BCUT2D eigenvalue weighted by Gasteiger charge is -2.12. The number of aryl methyl sites for hydroxylation is 1. The summed E-state index contributed by atoms with van der Waals surface area (Å²) in [7, 11) is 1.40. The molecular weight excluding hydrogens is 284 g/mol. The van der Waals surface area contributed by atoms with Gasteiger partial charge in [0, 0.05) is 5.56 Å². The first-order chi connectivity index (χ1) is 10.5. The molecule has 0 aliphatic carbocycles. The molecule has 0 aliphatic rings. The summed E-state index contributed by atoms with van der Waals surface area (Å²) in [6, 6.07) is 9.11. The number of aromatic hydroxyl groups is 1. The molecular formula is C17H16O5. The summed E-state index contributed by atoms with van der Waals surface area (Å²) >= 11 is 0. The molecule has 22 heavy (non-hydrogen) atoms. The summed E-state index contributed by atoms with van der Waals surface area (Å²) in [6.07, 6.45) is 0.650. The molecule has 0 amide bonds. The molecule has 0 unspecified atom stereocenters. The van der Waals surface area contributed by atoms with Crippen LogP contribution in [0.2, 0.25) is 0 Å². The smallest absolute Gasteiger partial charge is 0.336 e. The number of hydrogen-bond donors (Lipinski definition) is 2. The van der Waals surface area contributed by atoms with Gasteiger partial charge < -0.3 is 14.9 Å². The molecule has 0 aliphatic heterocycles. The highest BCUT2D eigenvalue weighted by molar-refractivity contribution is 6.15. The Labute approximate surface area is 127 Å². The Morgan fingerprint density at radius 1 is 1.09 bits per heavy atom. The summed E-state index contributed by atoms with van der Waals surface area (Å²) in [5, 5.41) is 19.4. The monoisotopic (exact) mass is 300 g/mol. The summed E-state index contributed by atoms with van der Waals surface area (Å²) in [5.41, 5.74) is 0.768. The molecule has 2 rings (SSSR count). The summed E-state index contributed by atoms with van der Waals surface area (Å²) in [6.45, 7) is 1.91. The van der Waals surface area contributed by atoms with E-state index in [-0.39, 0.29) is 28.2 Å². The van der Waals surface area contributed by atoms with Crippen molar-refractivity contribution in [3.05, 3.63) is 58.7 Å². The summed E-state index contributed by atoms with van der Waals surface area (Å²) in [4.78, 5) is 23.9. The highest BCUT2D eigenvalue weighted by Crippen LogP contribution is 2.33. The van der Waals surface area contributed by atoms with Crippen LogP contribution in [0.15, 0.2) is 36.4 Å². The largest absolute Gasteiger partial charge is 0.504 e. The molecule has 2 N–H and O–H groups in total. The van der Waals surface area contributed by atoms with Crippen molar-refractivity contribution in [1.82, 2.24) is 0 Å². The zero-order valence-corrected chi connectivity index (χ0v) is 12.3. The topological polar surface area (TPSA) is 83.8 Å². The second-order valence-corrected chi connectivity index (χ2v) is 4.73. The summed E-state index contributed by atoms with van der Waals surface area (Å²) in [5.74, 6) is -1.84. The maximum atomic E-state index is 12.6. The van der Waals surface area contributed by atoms with E-state index in [0.717, 1.165) is 5.56 Å². The van der Waals surface area contributed by atoms with Crippen molar-refractivity contribution in [2.75, 3.05) is 7.11 Å². The molecule has 0 atom stereocenters. The van der Waals surface area contributed by atoms with Gasteiger partial charge >= 0.3 is 5.97 Å². The zero-order chi connectivity index (χ0) is 16.3. The minimum absolute atomic E-state index is 0.0283. The van der Waals surface area contributed by atoms with Gasteiger partial charge in [-0.2, -0.15) is 0 Å². The van der Waals surface area contributed by atoms with Crippen molar-refractivity contribution in [3.8, 4) is 11.5 Å². The number of ketones is 1. The van der Waals surface area contributed by atoms with E-state index < -0.39 is 11.8 Å². The van der Waals surface area contributed by atoms with E-state index in [9.17, 15) is 19.8 Å². The third-order valence-electron chi connectivity index (χ3n) is 3.41. The lowest BCUT2D eigenvalue weighted by atomic mass is 9.95. The van der Waals surface area contributed by atoms with Crippen molar-refractivity contribution in [2.24, 2.45) is 0 Å². The van der Waals surface area contributed by atoms with E-state index in [0.29, 0.717) is 6.42 Å². The lowest BCUT2D eigenvalue weighted by molar-refractivity contribution is 0.0692. The quantitative estimate of drug-likeness (QED) is 0.829. The van der Waals surface area contributed by atoms with Crippen LogP contribution in [0.5, 0.6) is 11.5 Å². The summed E-state index contributed by atoms with van der Waals surface area (Å²) < 4.78 is 5.07. The van der Waals surface area contributed by atoms with Gasteiger partial charge in [0.05, 0.1) is 18.2 Å². The lowest BCUT2D eigenvalue weighted by Crippen LogP contribution is -2.10. The molecule has 0 saturated carbocycles. The highest BCUT2D eigenvalue weighted by Gasteiger charge is 2.22. The first-order valence-corrected chi connectivity index (χ1v) is 6.76. The van der Waals surface area contributed by atoms with Gasteiger partial charge in [-0.15, -0.1) is 0 Å². The Balaban J connectivity index is 2.62. The Hall–Kier alpha value is -2.82. The van der Waals surface area contributed by atoms with E-state index in [1.54, 1.807) is 24.3 Å². The van der Waals surface area contributed by atoms with Gasteiger partial charge in [-0.05, 0) is 30.2 Å². The number of carboxylic acid groups (broad SMARTS) is 1. The number of ether oxygens (including phenoxy) is 1. The van der Waals surface area contributed by atoms with Gasteiger partial charge in [-0.3, -0.25) is 4.79 Å². The number of carbonyl (C=O) groups is 2. The average Bonchev–Trinajstić information content (AvgIpc) is 2.54. The van der Waals surface area contributed by atoms with Gasteiger partial charge in [-0.25, -0.2) is 4.79 Å². The molecule has 5 nitrogen and oxygen atoms in total. The molecule has 0 bridgehead atoms. The molecule has 0 fully saturated rings. The number of phenolic OH excluding ortho intramolecular Hbond substituents is 1. The second-order valence-electron chi connectivity index (χ2n) is 4.73. The van der Waals surface area contributed by atoms with E-state index in [2.05, 4.69) is 0 Å². The third-order valence-corrected chi connectivity index (χ3v) is 3.41. The number of phenols is 1. The average molecular weight is 300 g/mol. The maximum absolute atomic E-state index is 12.6. The number of carboxylic acids is 1. The van der Waals surface area contributed by atoms with Crippen LogP contribution in [0.4, 0.5) is 0 Å². The van der Waals surface area contributed by atoms with E-state index in [1.807, 2.05) is 6.92 Å². The zero-order valence-electron chi connectivity index (χ0n) is 12.3. The molecule has 0 aromatic heterocycles. The van der Waals surface area contributed by atoms with Gasteiger partial charge in [0.1, 0.15) is 0 Å². The Kier molecular flexibility index (Phi) is 4.46. The van der Waals surface area contributed by atoms with Gasteiger partial charge in [0.25, 0.3) is 0 Å². The molecule has 0 saturated heterocycles. The van der Waals surface area contributed by atoms with Gasteiger partial charge in [-0.1, -0.05) is 25.1 Å². The number of methoxy groups -OCH3 is 1. The van der Waals surface area contributed by atoms with Crippen LogP contribution in [-0.2, 0) is 6.42 Å².